The molecule has 4 rings (SSSR count). The third kappa shape index (κ3) is 4.19. The van der Waals surface area contributed by atoms with Crippen molar-refractivity contribution in [2.75, 3.05) is 0 Å². The van der Waals surface area contributed by atoms with E-state index >= 15 is 0 Å². The molecule has 0 aromatic carbocycles. The van der Waals surface area contributed by atoms with Crippen LogP contribution in [0.15, 0.2) is 0 Å². The van der Waals surface area contributed by atoms with Crippen LogP contribution in [0.25, 0.3) is 0 Å². The van der Waals surface area contributed by atoms with Crippen LogP contribution in [0.2, 0.25) is 0 Å². The van der Waals surface area contributed by atoms with Crippen molar-refractivity contribution in [1.29, 1.82) is 0 Å². The van der Waals surface area contributed by atoms with Crippen LogP contribution in [0.4, 0.5) is 0 Å². The smallest absolute Gasteiger partial charge is 0.308 e. The number of carbonyl (C=O) groups is 1. The van der Waals surface area contributed by atoms with Gasteiger partial charge in [0.2, 0.25) is 6.29 Å². The van der Waals surface area contributed by atoms with E-state index in [4.69, 9.17) is 10.6 Å². The van der Waals surface area contributed by atoms with Crippen LogP contribution in [0.3, 0.4) is 0 Å². The maximum Gasteiger partial charge on any atom is 0.308 e. The Bertz CT molecular complexity index is 655. The second-order valence-electron chi connectivity index (χ2n) is 12.0. The number of hydrogen-bond acceptors (Lipinski definition) is 5. The molecule has 4 saturated carbocycles. The zero-order valence-electron chi connectivity index (χ0n) is 20.1. The molecular formula is C26H45NO4. The molecule has 0 heterocycles. The molecule has 4 fully saturated rings. The molecule has 0 aliphatic heterocycles. The topological polar surface area (TPSA) is 81.8 Å². The second kappa shape index (κ2) is 8.95. The van der Waals surface area contributed by atoms with Crippen molar-refractivity contribution in [2.45, 2.75) is 111 Å². The van der Waals surface area contributed by atoms with Crippen molar-refractivity contribution in [3.8, 4) is 0 Å². The summed E-state index contributed by atoms with van der Waals surface area (Å²) in [5, 5.41) is 10.3. The van der Waals surface area contributed by atoms with Crippen LogP contribution in [-0.2, 0) is 14.4 Å². The molecule has 0 saturated heterocycles. The molecule has 5 nitrogen and oxygen atoms in total. The minimum Gasteiger partial charge on any atom is -0.434 e. The van der Waals surface area contributed by atoms with E-state index in [2.05, 4.69) is 25.6 Å². The number of ether oxygens (including phenoxy) is 1. The molecule has 0 aromatic rings. The van der Waals surface area contributed by atoms with Crippen LogP contribution in [0.1, 0.15) is 98.3 Å². The maximum absolute atomic E-state index is 12.1. The monoisotopic (exact) mass is 435 g/mol. The van der Waals surface area contributed by atoms with E-state index in [0.717, 1.165) is 42.9 Å². The quantitative estimate of drug-likeness (QED) is 0.340. The zero-order chi connectivity index (χ0) is 22.4. The van der Waals surface area contributed by atoms with Gasteiger partial charge in [-0.25, -0.2) is 5.90 Å². The number of aliphatic hydroxyl groups is 1. The summed E-state index contributed by atoms with van der Waals surface area (Å²) in [7, 11) is 0. The Balaban J connectivity index is 1.40. The van der Waals surface area contributed by atoms with E-state index in [-0.39, 0.29) is 12.1 Å². The fraction of sp³-hybridized carbons (Fsp3) is 0.962. The number of hydrogen-bond donors (Lipinski definition) is 2. The number of esters is 1. The lowest BCUT2D eigenvalue weighted by Gasteiger charge is -2.61. The van der Waals surface area contributed by atoms with Crippen LogP contribution in [0.5, 0.6) is 0 Å². The Morgan fingerprint density at radius 3 is 2.48 bits per heavy atom. The van der Waals surface area contributed by atoms with E-state index < -0.39 is 6.29 Å². The summed E-state index contributed by atoms with van der Waals surface area (Å²) in [6.07, 6.45) is 11.9. The lowest BCUT2D eigenvalue weighted by atomic mass is 9.44. The first kappa shape index (κ1) is 23.5. The van der Waals surface area contributed by atoms with Crippen molar-refractivity contribution < 1.29 is 19.5 Å². The fourth-order valence-corrected chi connectivity index (χ4v) is 9.03. The average molecular weight is 436 g/mol. The highest BCUT2D eigenvalue weighted by Crippen LogP contribution is 2.68. The maximum atomic E-state index is 12.1. The molecule has 4 aliphatic carbocycles. The van der Waals surface area contributed by atoms with Crippen molar-refractivity contribution in [2.24, 2.45) is 52.2 Å². The van der Waals surface area contributed by atoms with E-state index in [1.165, 1.54) is 44.9 Å². The van der Waals surface area contributed by atoms with Gasteiger partial charge in [0.05, 0.1) is 6.10 Å². The van der Waals surface area contributed by atoms with E-state index in [9.17, 15) is 9.90 Å². The van der Waals surface area contributed by atoms with E-state index in [0.29, 0.717) is 29.1 Å². The second-order valence-corrected chi connectivity index (χ2v) is 12.0. The average Bonchev–Trinajstić information content (AvgIpc) is 3.09. The van der Waals surface area contributed by atoms with Gasteiger partial charge < -0.3 is 9.84 Å². The van der Waals surface area contributed by atoms with Crippen molar-refractivity contribution in [3.05, 3.63) is 0 Å². The first-order chi connectivity index (χ1) is 14.7. The number of nitrogens with two attached hydrogens (primary N) is 1. The van der Waals surface area contributed by atoms with Gasteiger partial charge in [0.25, 0.3) is 0 Å². The van der Waals surface area contributed by atoms with Crippen LogP contribution in [-0.4, -0.2) is 23.5 Å². The van der Waals surface area contributed by atoms with Gasteiger partial charge in [-0.2, -0.15) is 0 Å². The van der Waals surface area contributed by atoms with Gasteiger partial charge >= 0.3 is 5.97 Å². The predicted octanol–water partition coefficient (Wildman–Crippen LogP) is 5.20. The van der Waals surface area contributed by atoms with Gasteiger partial charge in [0.1, 0.15) is 0 Å². The number of aliphatic hydroxyl groups excluding tert-OH is 1. The normalized spacial score (nSPS) is 46.4. The summed E-state index contributed by atoms with van der Waals surface area (Å²) >= 11 is 0. The first-order valence-electron chi connectivity index (χ1n) is 12.9. The molecule has 0 radical (unpaired) electrons. The van der Waals surface area contributed by atoms with E-state index in [1.54, 1.807) is 6.92 Å². The summed E-state index contributed by atoms with van der Waals surface area (Å²) in [5.74, 6) is 9.38. The molecule has 10 unspecified atom stereocenters. The Labute approximate surface area is 188 Å². The number of carbonyl (C=O) groups excluding carboxylic acids is 1. The lowest BCUT2D eigenvalue weighted by molar-refractivity contribution is -0.176. The van der Waals surface area contributed by atoms with Crippen molar-refractivity contribution >= 4 is 5.97 Å². The number of fused-ring (bicyclic) bond motifs is 5. The SMILES string of the molecule is CC(ON)OC(=O)CCC(C)C1CCC2C3CCC4CC(O)CCC4(C)C3CCC12C. The largest absolute Gasteiger partial charge is 0.434 e. The summed E-state index contributed by atoms with van der Waals surface area (Å²) in [6.45, 7) is 9.13. The summed E-state index contributed by atoms with van der Waals surface area (Å²) < 4.78 is 5.18. The summed E-state index contributed by atoms with van der Waals surface area (Å²) in [6, 6.07) is 0. The molecule has 4 aliphatic rings. The Morgan fingerprint density at radius 2 is 1.74 bits per heavy atom. The van der Waals surface area contributed by atoms with Crippen molar-refractivity contribution in [3.63, 3.8) is 0 Å². The van der Waals surface area contributed by atoms with Crippen LogP contribution < -0.4 is 5.90 Å². The molecule has 0 bridgehead atoms. The highest BCUT2D eigenvalue weighted by atomic mass is 16.8. The lowest BCUT2D eigenvalue weighted by Crippen LogP contribution is -2.54. The zero-order valence-corrected chi connectivity index (χ0v) is 20.1. The third-order valence-electron chi connectivity index (χ3n) is 10.7. The molecule has 31 heavy (non-hydrogen) atoms. The van der Waals surface area contributed by atoms with Gasteiger partial charge in [0, 0.05) is 6.42 Å². The molecule has 10 atom stereocenters. The Morgan fingerprint density at radius 1 is 1.03 bits per heavy atom. The Kier molecular flexibility index (Phi) is 6.78. The molecular weight excluding hydrogens is 390 g/mol. The highest BCUT2D eigenvalue weighted by molar-refractivity contribution is 5.69. The third-order valence-corrected chi connectivity index (χ3v) is 10.7. The minimum atomic E-state index is -0.677. The predicted molar refractivity (Wildman–Crippen MR) is 120 cm³/mol. The van der Waals surface area contributed by atoms with Gasteiger partial charge in [0.15, 0.2) is 0 Å². The Hall–Kier alpha value is -0.650. The molecule has 5 heteroatoms. The molecule has 3 N–H and O–H groups in total. The molecule has 0 aromatic heterocycles. The summed E-state index contributed by atoms with van der Waals surface area (Å²) in [5.41, 5.74) is 0.855. The highest BCUT2D eigenvalue weighted by Gasteiger charge is 2.60. The standard InChI is InChI=1S/C26H45NO4/c1-16(5-10-24(29)30-17(2)31-27)21-8-9-22-20-7-6-18-15-19(28)11-13-25(18,3)23(20)12-14-26(21,22)4/h16-23,28H,5-15,27H2,1-4H3. The van der Waals surface area contributed by atoms with Crippen molar-refractivity contribution in [1.82, 2.24) is 0 Å². The van der Waals surface area contributed by atoms with Crippen LogP contribution >= 0.6 is 0 Å². The molecule has 178 valence electrons. The molecule has 0 amide bonds. The fourth-order valence-electron chi connectivity index (χ4n) is 9.03. The first-order valence-corrected chi connectivity index (χ1v) is 12.9. The van der Waals surface area contributed by atoms with Gasteiger partial charge in [-0.15, -0.1) is 0 Å². The summed E-state index contributed by atoms with van der Waals surface area (Å²) in [4.78, 5) is 16.7. The molecule has 0 spiro atoms. The minimum absolute atomic E-state index is 0.0636. The van der Waals surface area contributed by atoms with Gasteiger partial charge in [-0.1, -0.05) is 20.8 Å². The van der Waals surface area contributed by atoms with E-state index in [1.807, 2.05) is 0 Å². The van der Waals surface area contributed by atoms with Gasteiger partial charge in [-0.3, -0.25) is 9.63 Å². The number of rotatable bonds is 6. The van der Waals surface area contributed by atoms with Crippen LogP contribution in [0, 0.1) is 46.3 Å². The van der Waals surface area contributed by atoms with Gasteiger partial charge in [-0.05, 0) is 117 Å².